The maximum atomic E-state index is 12.1. The lowest BCUT2D eigenvalue weighted by molar-refractivity contribution is 0.229. The Bertz CT molecular complexity index is 877. The summed E-state index contributed by atoms with van der Waals surface area (Å²) < 4.78 is 10.5. The van der Waals surface area contributed by atoms with Gasteiger partial charge in [-0.1, -0.05) is 23.4 Å². The SMILES string of the molecule is NC1(c2noc(-c3cc4ccccc4oc3=O)n2)CCC1. The number of benzene rings is 1. The van der Waals surface area contributed by atoms with Gasteiger partial charge in [0, 0.05) is 5.39 Å². The summed E-state index contributed by atoms with van der Waals surface area (Å²) in [6.07, 6.45) is 2.72. The number of nitrogens with two attached hydrogens (primary N) is 1. The first-order valence-electron chi connectivity index (χ1n) is 6.82. The van der Waals surface area contributed by atoms with Gasteiger partial charge in [-0.15, -0.1) is 0 Å². The van der Waals surface area contributed by atoms with Crippen molar-refractivity contribution in [1.82, 2.24) is 10.1 Å². The molecule has 1 aliphatic carbocycles. The minimum atomic E-state index is -0.515. The molecule has 2 aromatic heterocycles. The number of rotatable bonds is 2. The zero-order chi connectivity index (χ0) is 14.4. The predicted octanol–water partition coefficient (Wildman–Crippen LogP) is 2.18. The van der Waals surface area contributed by atoms with E-state index in [9.17, 15) is 4.79 Å². The molecule has 0 aliphatic heterocycles. The van der Waals surface area contributed by atoms with E-state index >= 15 is 0 Å². The lowest BCUT2D eigenvalue weighted by atomic mass is 9.77. The van der Waals surface area contributed by atoms with Crippen molar-refractivity contribution in [3.05, 3.63) is 46.6 Å². The summed E-state index contributed by atoms with van der Waals surface area (Å²) in [5.41, 5.74) is 5.93. The number of fused-ring (bicyclic) bond motifs is 1. The third-order valence-electron chi connectivity index (χ3n) is 3.99. The van der Waals surface area contributed by atoms with E-state index in [4.69, 9.17) is 14.7 Å². The summed E-state index contributed by atoms with van der Waals surface area (Å²) in [4.78, 5) is 16.3. The second-order valence-corrected chi connectivity index (χ2v) is 5.42. The van der Waals surface area contributed by atoms with E-state index < -0.39 is 11.2 Å². The molecule has 0 atom stereocenters. The van der Waals surface area contributed by atoms with Crippen molar-refractivity contribution in [3.63, 3.8) is 0 Å². The van der Waals surface area contributed by atoms with Crippen LogP contribution >= 0.6 is 0 Å². The van der Waals surface area contributed by atoms with Crippen molar-refractivity contribution in [3.8, 4) is 11.5 Å². The van der Waals surface area contributed by atoms with Gasteiger partial charge >= 0.3 is 5.63 Å². The molecule has 2 N–H and O–H groups in total. The van der Waals surface area contributed by atoms with Crippen LogP contribution in [-0.4, -0.2) is 10.1 Å². The Kier molecular flexibility index (Phi) is 2.49. The largest absolute Gasteiger partial charge is 0.422 e. The van der Waals surface area contributed by atoms with Gasteiger partial charge in [-0.2, -0.15) is 4.98 Å². The second kappa shape index (κ2) is 4.26. The molecule has 6 heteroatoms. The lowest BCUT2D eigenvalue weighted by Crippen LogP contribution is -2.44. The van der Waals surface area contributed by atoms with Gasteiger partial charge < -0.3 is 14.7 Å². The molecule has 2 heterocycles. The second-order valence-electron chi connectivity index (χ2n) is 5.42. The Labute approximate surface area is 119 Å². The van der Waals surface area contributed by atoms with Gasteiger partial charge in [-0.25, -0.2) is 4.79 Å². The molecule has 106 valence electrons. The summed E-state index contributed by atoms with van der Waals surface area (Å²) >= 11 is 0. The van der Waals surface area contributed by atoms with E-state index in [1.165, 1.54) is 0 Å². The highest BCUT2D eigenvalue weighted by Crippen LogP contribution is 2.37. The van der Waals surface area contributed by atoms with Gasteiger partial charge in [0.15, 0.2) is 5.82 Å². The van der Waals surface area contributed by atoms with E-state index in [-0.39, 0.29) is 11.5 Å². The smallest absolute Gasteiger partial charge is 0.349 e. The van der Waals surface area contributed by atoms with Crippen LogP contribution in [-0.2, 0) is 5.54 Å². The van der Waals surface area contributed by atoms with Crippen molar-refractivity contribution in [1.29, 1.82) is 0 Å². The number of hydrogen-bond acceptors (Lipinski definition) is 6. The fraction of sp³-hybridized carbons (Fsp3) is 0.267. The molecule has 0 unspecified atom stereocenters. The number of hydrogen-bond donors (Lipinski definition) is 1. The number of nitrogens with zero attached hydrogens (tertiary/aromatic N) is 2. The Morgan fingerprint density at radius 3 is 2.81 bits per heavy atom. The minimum absolute atomic E-state index is 0.154. The van der Waals surface area contributed by atoms with Crippen LogP contribution in [0.5, 0.6) is 0 Å². The molecule has 1 saturated carbocycles. The van der Waals surface area contributed by atoms with Crippen molar-refractivity contribution < 1.29 is 8.94 Å². The molecule has 0 spiro atoms. The lowest BCUT2D eigenvalue weighted by Gasteiger charge is -2.34. The molecule has 21 heavy (non-hydrogen) atoms. The highest BCUT2D eigenvalue weighted by atomic mass is 16.5. The summed E-state index contributed by atoms with van der Waals surface area (Å²) in [5, 5.41) is 4.72. The molecule has 1 aliphatic rings. The van der Waals surface area contributed by atoms with Crippen LogP contribution in [0.3, 0.4) is 0 Å². The van der Waals surface area contributed by atoms with Crippen LogP contribution in [0, 0.1) is 0 Å². The molecule has 1 aromatic carbocycles. The molecule has 6 nitrogen and oxygen atoms in total. The molecule has 3 aromatic rings. The Balaban J connectivity index is 1.83. The van der Waals surface area contributed by atoms with Crippen molar-refractivity contribution in [2.24, 2.45) is 5.73 Å². The predicted molar refractivity (Wildman–Crippen MR) is 75.5 cm³/mol. The zero-order valence-corrected chi connectivity index (χ0v) is 11.2. The highest BCUT2D eigenvalue weighted by molar-refractivity contribution is 5.80. The normalized spacial score (nSPS) is 16.8. The van der Waals surface area contributed by atoms with E-state index in [1.807, 2.05) is 18.2 Å². The molecular formula is C15H13N3O3. The van der Waals surface area contributed by atoms with Gasteiger partial charge in [0.25, 0.3) is 5.89 Å². The number of para-hydroxylation sites is 1. The van der Waals surface area contributed by atoms with Crippen molar-refractivity contribution in [2.45, 2.75) is 24.8 Å². The quantitative estimate of drug-likeness (QED) is 0.724. The van der Waals surface area contributed by atoms with E-state index in [0.717, 1.165) is 24.6 Å². The van der Waals surface area contributed by atoms with E-state index in [0.29, 0.717) is 11.4 Å². The first-order valence-corrected chi connectivity index (χ1v) is 6.82. The summed E-state index contributed by atoms with van der Waals surface area (Å²) in [6.45, 7) is 0. The zero-order valence-electron chi connectivity index (χ0n) is 11.2. The van der Waals surface area contributed by atoms with E-state index in [1.54, 1.807) is 12.1 Å². The summed E-state index contributed by atoms with van der Waals surface area (Å²) in [7, 11) is 0. The van der Waals surface area contributed by atoms with E-state index in [2.05, 4.69) is 10.1 Å². The summed E-state index contributed by atoms with van der Waals surface area (Å²) in [5.74, 6) is 0.609. The van der Waals surface area contributed by atoms with Crippen LogP contribution in [0.15, 0.2) is 44.1 Å². The molecule has 0 bridgehead atoms. The average molecular weight is 283 g/mol. The van der Waals surface area contributed by atoms with Gasteiger partial charge in [0.05, 0.1) is 5.54 Å². The molecular weight excluding hydrogens is 270 g/mol. The Morgan fingerprint density at radius 2 is 2.05 bits per heavy atom. The molecule has 0 amide bonds. The first-order chi connectivity index (χ1) is 10.2. The van der Waals surface area contributed by atoms with Crippen LogP contribution in [0.4, 0.5) is 0 Å². The van der Waals surface area contributed by atoms with Gasteiger partial charge in [0.1, 0.15) is 11.1 Å². The molecule has 1 fully saturated rings. The monoisotopic (exact) mass is 283 g/mol. The molecule has 0 saturated heterocycles. The number of aromatic nitrogens is 2. The third kappa shape index (κ3) is 1.87. The minimum Gasteiger partial charge on any atom is -0.422 e. The van der Waals surface area contributed by atoms with Crippen LogP contribution in [0.25, 0.3) is 22.4 Å². The van der Waals surface area contributed by atoms with Crippen LogP contribution < -0.4 is 11.4 Å². The highest BCUT2D eigenvalue weighted by Gasteiger charge is 2.39. The van der Waals surface area contributed by atoms with Gasteiger partial charge in [-0.05, 0) is 31.4 Å². The molecule has 0 radical (unpaired) electrons. The Hall–Kier alpha value is -2.47. The fourth-order valence-corrected chi connectivity index (χ4v) is 2.53. The topological polar surface area (TPSA) is 95.1 Å². The first kappa shape index (κ1) is 12.3. The standard InChI is InChI=1S/C15H13N3O3/c16-15(6-3-7-15)14-17-12(21-18-14)10-8-9-4-1-2-5-11(9)20-13(10)19/h1-2,4-5,8H,3,6-7,16H2. The summed E-state index contributed by atoms with van der Waals surface area (Å²) in [6, 6.07) is 8.97. The average Bonchev–Trinajstić information content (AvgIpc) is 2.94. The van der Waals surface area contributed by atoms with Gasteiger partial charge in [-0.3, -0.25) is 0 Å². The van der Waals surface area contributed by atoms with Gasteiger partial charge in [0.2, 0.25) is 0 Å². The van der Waals surface area contributed by atoms with Crippen LogP contribution in [0.1, 0.15) is 25.1 Å². The third-order valence-corrected chi connectivity index (χ3v) is 3.99. The van der Waals surface area contributed by atoms with Crippen molar-refractivity contribution >= 4 is 11.0 Å². The Morgan fingerprint density at radius 1 is 1.24 bits per heavy atom. The molecule has 4 rings (SSSR count). The maximum Gasteiger partial charge on any atom is 0.349 e. The van der Waals surface area contributed by atoms with Crippen LogP contribution in [0.2, 0.25) is 0 Å². The maximum absolute atomic E-state index is 12.1. The van der Waals surface area contributed by atoms with Crippen molar-refractivity contribution in [2.75, 3.05) is 0 Å². The fourth-order valence-electron chi connectivity index (χ4n) is 2.53.